The lowest BCUT2D eigenvalue weighted by Gasteiger charge is -2.05. The topological polar surface area (TPSA) is 45.8 Å². The molecule has 66 valence electrons. The molecule has 1 rings (SSSR count). The predicted octanol–water partition coefficient (Wildman–Crippen LogP) is 1.49. The molecule has 1 atom stereocenters. The van der Waals surface area contributed by atoms with Crippen molar-refractivity contribution in [3.05, 3.63) is 18.0 Å². The average molecular weight is 174 g/mol. The molecule has 1 heterocycles. The molecule has 0 amide bonds. The highest BCUT2D eigenvalue weighted by atomic mass is 19.3. The van der Waals surface area contributed by atoms with E-state index in [1.807, 2.05) is 0 Å². The molecule has 0 bridgehead atoms. The quantitative estimate of drug-likeness (QED) is 0.705. The number of hydrogen-bond acceptors (Lipinski definition) is 2. The second-order valence-electron chi connectivity index (χ2n) is 2.46. The SMILES string of the molecule is CC(C(=O)c1ccn[nH]1)C(F)F. The lowest BCUT2D eigenvalue weighted by Crippen LogP contribution is -2.19. The smallest absolute Gasteiger partial charge is 0.248 e. The fourth-order valence-electron chi connectivity index (χ4n) is 0.753. The maximum absolute atomic E-state index is 12.0. The highest BCUT2D eigenvalue weighted by Crippen LogP contribution is 2.13. The highest BCUT2D eigenvalue weighted by Gasteiger charge is 2.24. The number of nitrogens with zero attached hydrogens (tertiary/aromatic N) is 1. The van der Waals surface area contributed by atoms with Crippen LogP contribution in [-0.4, -0.2) is 22.4 Å². The van der Waals surface area contributed by atoms with Gasteiger partial charge in [-0.25, -0.2) is 8.78 Å². The van der Waals surface area contributed by atoms with Crippen molar-refractivity contribution >= 4 is 5.78 Å². The zero-order valence-corrected chi connectivity index (χ0v) is 6.42. The Kier molecular flexibility index (Phi) is 2.52. The Balaban J connectivity index is 2.72. The monoisotopic (exact) mass is 174 g/mol. The van der Waals surface area contributed by atoms with Crippen molar-refractivity contribution in [1.82, 2.24) is 10.2 Å². The summed E-state index contributed by atoms with van der Waals surface area (Å²) in [5.41, 5.74) is 0.128. The first kappa shape index (κ1) is 8.83. The van der Waals surface area contributed by atoms with E-state index in [4.69, 9.17) is 0 Å². The van der Waals surface area contributed by atoms with Crippen molar-refractivity contribution in [3.8, 4) is 0 Å². The summed E-state index contributed by atoms with van der Waals surface area (Å²) in [5.74, 6) is -1.88. The summed E-state index contributed by atoms with van der Waals surface area (Å²) in [4.78, 5) is 11.1. The predicted molar refractivity (Wildman–Crippen MR) is 38.1 cm³/mol. The number of rotatable bonds is 3. The first-order valence-electron chi connectivity index (χ1n) is 3.44. The van der Waals surface area contributed by atoms with Crippen LogP contribution < -0.4 is 0 Å². The number of H-pyrrole nitrogens is 1. The molecule has 1 aromatic rings. The third-order valence-corrected chi connectivity index (χ3v) is 1.56. The van der Waals surface area contributed by atoms with Crippen LogP contribution in [0, 0.1) is 5.92 Å². The summed E-state index contributed by atoms with van der Waals surface area (Å²) in [6.45, 7) is 1.19. The Morgan fingerprint density at radius 2 is 2.33 bits per heavy atom. The number of Topliss-reactive ketones (excluding diaryl/α,β-unsaturated/α-hetero) is 1. The molecule has 0 saturated carbocycles. The first-order valence-corrected chi connectivity index (χ1v) is 3.44. The molecule has 0 saturated heterocycles. The molecule has 0 aliphatic carbocycles. The van der Waals surface area contributed by atoms with Crippen LogP contribution in [0.4, 0.5) is 8.78 Å². The summed E-state index contributed by atoms with van der Waals surface area (Å²) in [6.07, 6.45) is -1.27. The number of alkyl halides is 2. The van der Waals surface area contributed by atoms with E-state index in [9.17, 15) is 13.6 Å². The van der Waals surface area contributed by atoms with E-state index in [0.717, 1.165) is 0 Å². The molecule has 0 aliphatic rings. The number of halogens is 2. The fraction of sp³-hybridized carbons (Fsp3) is 0.429. The van der Waals surface area contributed by atoms with Crippen LogP contribution in [0.25, 0.3) is 0 Å². The van der Waals surface area contributed by atoms with Crippen molar-refractivity contribution in [2.75, 3.05) is 0 Å². The molecule has 0 aliphatic heterocycles. The lowest BCUT2D eigenvalue weighted by molar-refractivity contribution is 0.0603. The van der Waals surface area contributed by atoms with Crippen LogP contribution in [0.5, 0.6) is 0 Å². The van der Waals surface area contributed by atoms with Crippen LogP contribution >= 0.6 is 0 Å². The van der Waals surface area contributed by atoms with Crippen molar-refractivity contribution in [2.24, 2.45) is 5.92 Å². The van der Waals surface area contributed by atoms with Gasteiger partial charge in [-0.1, -0.05) is 0 Å². The molecule has 0 spiro atoms. The van der Waals surface area contributed by atoms with Gasteiger partial charge < -0.3 is 0 Å². The van der Waals surface area contributed by atoms with E-state index in [0.29, 0.717) is 0 Å². The molecule has 0 aromatic carbocycles. The molecule has 1 N–H and O–H groups in total. The van der Waals surface area contributed by atoms with Gasteiger partial charge in [0.25, 0.3) is 0 Å². The van der Waals surface area contributed by atoms with Gasteiger partial charge in [0.05, 0.1) is 5.92 Å². The van der Waals surface area contributed by atoms with Gasteiger partial charge in [-0.05, 0) is 13.0 Å². The van der Waals surface area contributed by atoms with Gasteiger partial charge in [0, 0.05) is 6.20 Å². The molecule has 12 heavy (non-hydrogen) atoms. The van der Waals surface area contributed by atoms with Crippen molar-refractivity contribution in [1.29, 1.82) is 0 Å². The van der Waals surface area contributed by atoms with Crippen LogP contribution in [-0.2, 0) is 0 Å². The van der Waals surface area contributed by atoms with Gasteiger partial charge >= 0.3 is 0 Å². The maximum Gasteiger partial charge on any atom is 0.248 e. The normalized spacial score (nSPS) is 13.3. The van der Waals surface area contributed by atoms with Crippen LogP contribution in [0.2, 0.25) is 0 Å². The Labute approximate surface area is 67.8 Å². The summed E-state index contributed by atoms with van der Waals surface area (Å²) in [7, 11) is 0. The molecule has 1 aromatic heterocycles. The Morgan fingerprint density at radius 1 is 1.67 bits per heavy atom. The average Bonchev–Trinajstić information content (AvgIpc) is 2.53. The van der Waals surface area contributed by atoms with E-state index >= 15 is 0 Å². The third-order valence-electron chi connectivity index (χ3n) is 1.56. The van der Waals surface area contributed by atoms with Crippen LogP contribution in [0.1, 0.15) is 17.4 Å². The Hall–Kier alpha value is -1.26. The molecule has 3 nitrogen and oxygen atoms in total. The van der Waals surface area contributed by atoms with Gasteiger partial charge in [0.2, 0.25) is 6.43 Å². The van der Waals surface area contributed by atoms with E-state index < -0.39 is 18.1 Å². The molecule has 0 radical (unpaired) electrons. The van der Waals surface area contributed by atoms with E-state index in [2.05, 4.69) is 10.2 Å². The van der Waals surface area contributed by atoms with Gasteiger partial charge in [0.15, 0.2) is 5.78 Å². The Morgan fingerprint density at radius 3 is 2.75 bits per heavy atom. The van der Waals surface area contributed by atoms with Crippen molar-refractivity contribution in [3.63, 3.8) is 0 Å². The van der Waals surface area contributed by atoms with E-state index in [1.165, 1.54) is 19.2 Å². The Bertz CT molecular complexity index is 258. The lowest BCUT2D eigenvalue weighted by atomic mass is 10.1. The van der Waals surface area contributed by atoms with Gasteiger partial charge in [-0.2, -0.15) is 5.10 Å². The van der Waals surface area contributed by atoms with Crippen molar-refractivity contribution < 1.29 is 13.6 Å². The maximum atomic E-state index is 12.0. The summed E-state index contributed by atoms with van der Waals surface area (Å²) in [5, 5.41) is 5.83. The minimum Gasteiger partial charge on any atom is -0.292 e. The summed E-state index contributed by atoms with van der Waals surface area (Å²) < 4.78 is 24.0. The molecular formula is C7H8F2N2O. The van der Waals surface area contributed by atoms with Gasteiger partial charge in [-0.3, -0.25) is 9.89 Å². The fourth-order valence-corrected chi connectivity index (χ4v) is 0.753. The highest BCUT2D eigenvalue weighted by molar-refractivity contribution is 5.95. The molecule has 0 fully saturated rings. The number of carbonyl (C=O) groups is 1. The standard InChI is InChI=1S/C7H8F2N2O/c1-4(7(8)9)6(12)5-2-3-10-11-5/h2-4,7H,1H3,(H,10,11). The van der Waals surface area contributed by atoms with E-state index in [1.54, 1.807) is 0 Å². The first-order chi connectivity index (χ1) is 5.63. The van der Waals surface area contributed by atoms with Gasteiger partial charge in [0.1, 0.15) is 5.69 Å². The summed E-state index contributed by atoms with van der Waals surface area (Å²) in [6, 6.07) is 1.38. The molecule has 1 unspecified atom stereocenters. The number of hydrogen-bond donors (Lipinski definition) is 1. The number of aromatic amines is 1. The third kappa shape index (κ3) is 1.66. The van der Waals surface area contributed by atoms with Crippen LogP contribution in [0.3, 0.4) is 0 Å². The van der Waals surface area contributed by atoms with E-state index in [-0.39, 0.29) is 5.69 Å². The number of ketones is 1. The second kappa shape index (κ2) is 3.42. The second-order valence-corrected chi connectivity index (χ2v) is 2.46. The minimum absolute atomic E-state index is 0.128. The number of carbonyl (C=O) groups excluding carboxylic acids is 1. The van der Waals surface area contributed by atoms with Crippen molar-refractivity contribution in [2.45, 2.75) is 13.3 Å². The molecular weight excluding hydrogens is 166 g/mol. The zero-order valence-electron chi connectivity index (χ0n) is 6.42. The molecule has 5 heteroatoms. The number of aromatic nitrogens is 2. The number of nitrogens with one attached hydrogen (secondary N) is 1. The zero-order chi connectivity index (χ0) is 9.14. The minimum atomic E-state index is -2.62. The summed E-state index contributed by atoms with van der Waals surface area (Å²) >= 11 is 0. The van der Waals surface area contributed by atoms with Gasteiger partial charge in [-0.15, -0.1) is 0 Å². The van der Waals surface area contributed by atoms with Crippen LogP contribution in [0.15, 0.2) is 12.3 Å². The largest absolute Gasteiger partial charge is 0.292 e.